The van der Waals surface area contributed by atoms with Gasteiger partial charge in [0.05, 0.1) is 0 Å². The lowest BCUT2D eigenvalue weighted by molar-refractivity contribution is 0.0593. The van der Waals surface area contributed by atoms with Crippen LogP contribution in [0.3, 0.4) is 0 Å². The number of nitrogens with two attached hydrogens (primary N) is 1. The molecule has 1 saturated heterocycles. The summed E-state index contributed by atoms with van der Waals surface area (Å²) in [6.07, 6.45) is 8.75. The minimum atomic E-state index is 0.181. The predicted octanol–water partition coefficient (Wildman–Crippen LogP) is 2.93. The number of likely N-dealkylation sites (tertiary alicyclic amines) is 1. The first-order chi connectivity index (χ1) is 9.70. The molecule has 20 heavy (non-hydrogen) atoms. The van der Waals surface area contributed by atoms with Crippen LogP contribution < -0.4 is 5.73 Å². The maximum Gasteiger partial charge on any atom is 0.270 e. The lowest BCUT2D eigenvalue weighted by Crippen LogP contribution is -2.45. The van der Waals surface area contributed by atoms with Crippen LogP contribution in [0.5, 0.6) is 0 Å². The summed E-state index contributed by atoms with van der Waals surface area (Å²) in [6.45, 7) is 1.53. The molecule has 4 nitrogen and oxygen atoms in total. The number of rotatable bonds is 4. The van der Waals surface area contributed by atoms with E-state index >= 15 is 0 Å². The molecule has 1 amide bonds. The molecule has 1 aromatic rings. The molecule has 3 rings (SSSR count). The first-order valence-electron chi connectivity index (χ1n) is 7.59. The summed E-state index contributed by atoms with van der Waals surface area (Å²) in [5.74, 6) is 0.181. The van der Waals surface area contributed by atoms with E-state index in [2.05, 4.69) is 25.4 Å². The lowest BCUT2D eigenvalue weighted by Gasteiger charge is -2.35. The number of hydrogen-bond donors (Lipinski definition) is 1. The third kappa shape index (κ3) is 2.79. The number of carbonyl (C=O) groups is 1. The first kappa shape index (κ1) is 14.1. The highest BCUT2D eigenvalue weighted by Gasteiger charge is 2.32. The van der Waals surface area contributed by atoms with E-state index in [4.69, 9.17) is 5.73 Å². The molecule has 1 aliphatic carbocycles. The van der Waals surface area contributed by atoms with Gasteiger partial charge in [-0.2, -0.15) is 0 Å². The Balaban J connectivity index is 1.83. The van der Waals surface area contributed by atoms with E-state index in [9.17, 15) is 4.79 Å². The van der Waals surface area contributed by atoms with Crippen molar-refractivity contribution in [3.05, 3.63) is 22.4 Å². The second-order valence-electron chi connectivity index (χ2n) is 5.91. The summed E-state index contributed by atoms with van der Waals surface area (Å²) in [5, 5.41) is 0. The minimum absolute atomic E-state index is 0.181. The molecule has 0 bridgehead atoms. The molecule has 1 atom stereocenters. The Kier molecular flexibility index (Phi) is 4.17. The Labute approximate surface area is 128 Å². The fourth-order valence-electron chi connectivity index (χ4n) is 3.18. The maximum atomic E-state index is 12.9. The van der Waals surface area contributed by atoms with Gasteiger partial charge in [0.25, 0.3) is 5.91 Å². The van der Waals surface area contributed by atoms with Crippen LogP contribution in [0.1, 0.15) is 55.1 Å². The van der Waals surface area contributed by atoms with Crippen molar-refractivity contribution in [2.75, 3.05) is 13.1 Å². The average Bonchev–Trinajstić information content (AvgIpc) is 3.22. The fraction of sp³-hybridized carbons (Fsp3) is 0.667. The number of halogens is 1. The predicted molar refractivity (Wildman–Crippen MR) is 82.7 cm³/mol. The van der Waals surface area contributed by atoms with Gasteiger partial charge in [-0.25, -0.2) is 0 Å². The second kappa shape index (κ2) is 5.90. The minimum Gasteiger partial charge on any atom is -0.339 e. The molecule has 2 N–H and O–H groups in total. The van der Waals surface area contributed by atoms with Gasteiger partial charge < -0.3 is 15.2 Å². The molecule has 1 saturated carbocycles. The van der Waals surface area contributed by atoms with Crippen molar-refractivity contribution in [3.63, 3.8) is 0 Å². The van der Waals surface area contributed by atoms with Crippen LogP contribution >= 0.6 is 15.9 Å². The Morgan fingerprint density at radius 3 is 2.85 bits per heavy atom. The summed E-state index contributed by atoms with van der Waals surface area (Å²) in [4.78, 5) is 14.9. The maximum absolute atomic E-state index is 12.9. The highest BCUT2D eigenvalue weighted by molar-refractivity contribution is 9.10. The van der Waals surface area contributed by atoms with E-state index in [0.29, 0.717) is 18.6 Å². The van der Waals surface area contributed by atoms with Crippen molar-refractivity contribution in [2.45, 2.75) is 50.6 Å². The standard InChI is InChI=1S/C15H22BrN3O/c16-11-9-14(19(10-11)13-4-5-13)15(20)18-8-2-1-3-12(18)6-7-17/h9-10,12-13H,1-8,17H2. The van der Waals surface area contributed by atoms with Crippen LogP contribution in [-0.4, -0.2) is 34.5 Å². The van der Waals surface area contributed by atoms with Crippen molar-refractivity contribution in [1.29, 1.82) is 0 Å². The number of amides is 1. The summed E-state index contributed by atoms with van der Waals surface area (Å²) in [7, 11) is 0. The van der Waals surface area contributed by atoms with Crippen LogP contribution in [0.4, 0.5) is 0 Å². The number of carbonyl (C=O) groups excluding carboxylic acids is 1. The van der Waals surface area contributed by atoms with Crippen LogP contribution in [0, 0.1) is 0 Å². The molecule has 2 heterocycles. The highest BCUT2D eigenvalue weighted by Crippen LogP contribution is 2.38. The van der Waals surface area contributed by atoms with Gasteiger partial charge in [-0.15, -0.1) is 0 Å². The zero-order valence-corrected chi connectivity index (χ0v) is 13.3. The van der Waals surface area contributed by atoms with Gasteiger partial charge in [-0.1, -0.05) is 0 Å². The Hall–Kier alpha value is -0.810. The monoisotopic (exact) mass is 339 g/mol. The Morgan fingerprint density at radius 1 is 1.35 bits per heavy atom. The molecular formula is C15H22BrN3O. The normalized spacial score (nSPS) is 23.1. The van der Waals surface area contributed by atoms with Crippen LogP contribution in [-0.2, 0) is 0 Å². The molecule has 0 radical (unpaired) electrons. The van der Waals surface area contributed by atoms with E-state index in [1.54, 1.807) is 0 Å². The summed E-state index contributed by atoms with van der Waals surface area (Å²) >= 11 is 3.51. The summed E-state index contributed by atoms with van der Waals surface area (Å²) in [6, 6.07) is 2.81. The van der Waals surface area contributed by atoms with Crippen LogP contribution in [0.15, 0.2) is 16.7 Å². The first-order valence-corrected chi connectivity index (χ1v) is 8.38. The topological polar surface area (TPSA) is 51.3 Å². The van der Waals surface area contributed by atoms with Crippen molar-refractivity contribution >= 4 is 21.8 Å². The van der Waals surface area contributed by atoms with Gasteiger partial charge in [-0.05, 0) is 67.1 Å². The second-order valence-corrected chi connectivity index (χ2v) is 6.82. The number of hydrogen-bond acceptors (Lipinski definition) is 2. The van der Waals surface area contributed by atoms with Gasteiger partial charge in [0.15, 0.2) is 0 Å². The Morgan fingerprint density at radius 2 is 2.15 bits per heavy atom. The van der Waals surface area contributed by atoms with Crippen molar-refractivity contribution in [2.24, 2.45) is 5.73 Å². The molecular weight excluding hydrogens is 318 g/mol. The highest BCUT2D eigenvalue weighted by atomic mass is 79.9. The molecule has 0 spiro atoms. The van der Waals surface area contributed by atoms with E-state index in [0.717, 1.165) is 36.0 Å². The van der Waals surface area contributed by atoms with Crippen molar-refractivity contribution in [1.82, 2.24) is 9.47 Å². The van der Waals surface area contributed by atoms with Crippen LogP contribution in [0.2, 0.25) is 0 Å². The number of nitrogens with zero attached hydrogens (tertiary/aromatic N) is 2. The third-order valence-corrected chi connectivity index (χ3v) is 4.80. The smallest absolute Gasteiger partial charge is 0.270 e. The van der Waals surface area contributed by atoms with Crippen molar-refractivity contribution in [3.8, 4) is 0 Å². The summed E-state index contributed by atoms with van der Waals surface area (Å²) < 4.78 is 3.15. The van der Waals surface area contributed by atoms with Gasteiger partial charge >= 0.3 is 0 Å². The third-order valence-electron chi connectivity index (χ3n) is 4.36. The fourth-order valence-corrected chi connectivity index (χ4v) is 3.62. The molecule has 2 aliphatic rings. The largest absolute Gasteiger partial charge is 0.339 e. The molecule has 2 fully saturated rings. The summed E-state index contributed by atoms with van der Waals surface area (Å²) in [5.41, 5.74) is 6.54. The lowest BCUT2D eigenvalue weighted by atomic mass is 9.99. The van der Waals surface area contributed by atoms with Crippen LogP contribution in [0.25, 0.3) is 0 Å². The Bertz CT molecular complexity index is 493. The van der Waals surface area contributed by atoms with Gasteiger partial charge in [0.1, 0.15) is 5.69 Å². The molecule has 1 unspecified atom stereocenters. The SMILES string of the molecule is NCCC1CCCCN1C(=O)c1cc(Br)cn1C1CC1. The van der Waals surface area contributed by atoms with Gasteiger partial charge in [0, 0.05) is 29.3 Å². The molecule has 1 aromatic heterocycles. The molecule has 1 aliphatic heterocycles. The zero-order chi connectivity index (χ0) is 14.1. The van der Waals surface area contributed by atoms with E-state index in [1.807, 2.05) is 12.3 Å². The van der Waals surface area contributed by atoms with Gasteiger partial charge in [-0.3, -0.25) is 4.79 Å². The molecule has 0 aromatic carbocycles. The average molecular weight is 340 g/mol. The number of piperidine rings is 1. The van der Waals surface area contributed by atoms with E-state index < -0.39 is 0 Å². The molecule has 110 valence electrons. The van der Waals surface area contributed by atoms with Gasteiger partial charge in [0.2, 0.25) is 0 Å². The van der Waals surface area contributed by atoms with E-state index in [1.165, 1.54) is 19.3 Å². The zero-order valence-electron chi connectivity index (χ0n) is 11.7. The van der Waals surface area contributed by atoms with Crippen molar-refractivity contribution < 1.29 is 4.79 Å². The molecule has 5 heteroatoms. The van der Waals surface area contributed by atoms with E-state index in [-0.39, 0.29) is 5.91 Å². The number of aromatic nitrogens is 1. The quantitative estimate of drug-likeness (QED) is 0.916.